The average Bonchev–Trinajstić information content (AvgIpc) is 2.93. The van der Waals surface area contributed by atoms with Gasteiger partial charge in [0.15, 0.2) is 0 Å². The van der Waals surface area contributed by atoms with Gasteiger partial charge in [0.1, 0.15) is 0 Å². The fourth-order valence-electron chi connectivity index (χ4n) is 2.43. The van der Waals surface area contributed by atoms with Crippen LogP contribution in [0.2, 0.25) is 0 Å². The molecule has 0 amide bonds. The Kier molecular flexibility index (Phi) is 3.29. The van der Waals surface area contributed by atoms with Crippen LogP contribution in [0.3, 0.4) is 0 Å². The highest BCUT2D eigenvalue weighted by Crippen LogP contribution is 2.23. The molecule has 1 saturated heterocycles. The largest absolute Gasteiger partial charge is 0.381 e. The van der Waals surface area contributed by atoms with E-state index in [4.69, 9.17) is 0 Å². The molecular formula is C16H18N2. The Hall–Kier alpha value is -1.80. The molecule has 18 heavy (non-hydrogen) atoms. The first-order valence-electron chi connectivity index (χ1n) is 6.54. The zero-order valence-electron chi connectivity index (χ0n) is 10.4. The number of nitrogens with one attached hydrogen (secondary N) is 2. The van der Waals surface area contributed by atoms with E-state index < -0.39 is 0 Å². The van der Waals surface area contributed by atoms with Crippen LogP contribution in [0.25, 0.3) is 11.1 Å². The zero-order valence-corrected chi connectivity index (χ0v) is 10.4. The lowest BCUT2D eigenvalue weighted by molar-refractivity contribution is 0.793. The summed E-state index contributed by atoms with van der Waals surface area (Å²) in [4.78, 5) is 0. The van der Waals surface area contributed by atoms with Gasteiger partial charge in [-0.15, -0.1) is 0 Å². The van der Waals surface area contributed by atoms with E-state index in [-0.39, 0.29) is 0 Å². The molecule has 2 N–H and O–H groups in total. The molecule has 3 rings (SSSR count). The van der Waals surface area contributed by atoms with Gasteiger partial charge < -0.3 is 10.6 Å². The van der Waals surface area contributed by atoms with E-state index in [1.807, 2.05) is 0 Å². The van der Waals surface area contributed by atoms with Crippen LogP contribution in [0.1, 0.15) is 6.42 Å². The number of rotatable bonds is 3. The van der Waals surface area contributed by atoms with Crippen LogP contribution in [-0.2, 0) is 0 Å². The van der Waals surface area contributed by atoms with Gasteiger partial charge in [0.25, 0.3) is 0 Å². The lowest BCUT2D eigenvalue weighted by atomic mass is 10.1. The molecule has 1 fully saturated rings. The van der Waals surface area contributed by atoms with Crippen molar-refractivity contribution in [1.82, 2.24) is 5.32 Å². The van der Waals surface area contributed by atoms with Crippen molar-refractivity contribution >= 4 is 5.69 Å². The molecule has 0 saturated carbocycles. The molecule has 2 aromatic carbocycles. The second kappa shape index (κ2) is 5.23. The molecule has 1 aliphatic heterocycles. The molecule has 1 heterocycles. The maximum absolute atomic E-state index is 3.59. The van der Waals surface area contributed by atoms with E-state index in [9.17, 15) is 0 Å². The van der Waals surface area contributed by atoms with Crippen LogP contribution >= 0.6 is 0 Å². The van der Waals surface area contributed by atoms with E-state index in [1.165, 1.54) is 23.2 Å². The maximum atomic E-state index is 3.59. The molecule has 0 radical (unpaired) electrons. The van der Waals surface area contributed by atoms with E-state index in [1.54, 1.807) is 0 Å². The third-order valence-corrected chi connectivity index (χ3v) is 3.40. The van der Waals surface area contributed by atoms with Gasteiger partial charge in [-0.3, -0.25) is 0 Å². The Labute approximate surface area is 108 Å². The summed E-state index contributed by atoms with van der Waals surface area (Å²) in [7, 11) is 0. The average molecular weight is 238 g/mol. The summed E-state index contributed by atoms with van der Waals surface area (Å²) in [5, 5.41) is 6.96. The van der Waals surface area contributed by atoms with E-state index in [0.29, 0.717) is 6.04 Å². The zero-order chi connectivity index (χ0) is 12.2. The summed E-state index contributed by atoms with van der Waals surface area (Å²) in [5.74, 6) is 0. The molecule has 0 aliphatic carbocycles. The van der Waals surface area contributed by atoms with Gasteiger partial charge in [-0.05, 0) is 36.2 Å². The summed E-state index contributed by atoms with van der Waals surface area (Å²) in [6, 6.07) is 19.7. The SMILES string of the molecule is c1ccc(-c2cccc(N[C@H]3CCNC3)c2)cc1. The number of anilines is 1. The Bertz CT molecular complexity index is 502. The molecule has 92 valence electrons. The van der Waals surface area contributed by atoms with E-state index in [2.05, 4.69) is 65.2 Å². The Morgan fingerprint density at radius 2 is 1.78 bits per heavy atom. The van der Waals surface area contributed by atoms with Gasteiger partial charge in [0, 0.05) is 18.3 Å². The predicted octanol–water partition coefficient (Wildman–Crippen LogP) is 3.13. The van der Waals surface area contributed by atoms with Crippen LogP contribution < -0.4 is 10.6 Å². The molecule has 0 bridgehead atoms. The van der Waals surface area contributed by atoms with Gasteiger partial charge >= 0.3 is 0 Å². The van der Waals surface area contributed by atoms with Crippen molar-refractivity contribution in [3.05, 3.63) is 54.6 Å². The fourth-order valence-corrected chi connectivity index (χ4v) is 2.43. The highest BCUT2D eigenvalue weighted by molar-refractivity contribution is 5.68. The topological polar surface area (TPSA) is 24.1 Å². The molecule has 1 atom stereocenters. The summed E-state index contributed by atoms with van der Waals surface area (Å²) >= 11 is 0. The Morgan fingerprint density at radius 1 is 0.944 bits per heavy atom. The molecule has 2 aromatic rings. The Balaban J connectivity index is 1.80. The van der Waals surface area contributed by atoms with Crippen molar-refractivity contribution in [2.75, 3.05) is 18.4 Å². The van der Waals surface area contributed by atoms with Crippen LogP contribution in [0.15, 0.2) is 54.6 Å². The molecule has 0 aromatic heterocycles. The second-order valence-corrected chi connectivity index (χ2v) is 4.78. The maximum Gasteiger partial charge on any atom is 0.0398 e. The van der Waals surface area contributed by atoms with Crippen molar-refractivity contribution in [3.8, 4) is 11.1 Å². The lowest BCUT2D eigenvalue weighted by Crippen LogP contribution is -2.21. The third-order valence-electron chi connectivity index (χ3n) is 3.40. The third kappa shape index (κ3) is 2.54. The number of hydrogen-bond acceptors (Lipinski definition) is 2. The van der Waals surface area contributed by atoms with Crippen molar-refractivity contribution in [3.63, 3.8) is 0 Å². The molecule has 1 aliphatic rings. The van der Waals surface area contributed by atoms with Gasteiger partial charge in [-0.1, -0.05) is 42.5 Å². The normalized spacial score (nSPS) is 18.8. The first-order valence-corrected chi connectivity index (χ1v) is 6.54. The standard InChI is InChI=1S/C16H18N2/c1-2-5-13(6-3-1)14-7-4-8-15(11-14)18-16-9-10-17-12-16/h1-8,11,16-18H,9-10,12H2/t16-/m0/s1. The van der Waals surface area contributed by atoms with E-state index in [0.717, 1.165) is 13.1 Å². The van der Waals surface area contributed by atoms with Crippen molar-refractivity contribution in [2.24, 2.45) is 0 Å². The van der Waals surface area contributed by atoms with Gasteiger partial charge in [0.2, 0.25) is 0 Å². The fraction of sp³-hybridized carbons (Fsp3) is 0.250. The Morgan fingerprint density at radius 3 is 2.56 bits per heavy atom. The summed E-state index contributed by atoms with van der Waals surface area (Å²) in [6.45, 7) is 2.19. The lowest BCUT2D eigenvalue weighted by Gasteiger charge is -2.13. The van der Waals surface area contributed by atoms with Crippen molar-refractivity contribution in [1.29, 1.82) is 0 Å². The minimum absolute atomic E-state index is 0.566. The van der Waals surface area contributed by atoms with Gasteiger partial charge in [0.05, 0.1) is 0 Å². The van der Waals surface area contributed by atoms with E-state index >= 15 is 0 Å². The quantitative estimate of drug-likeness (QED) is 0.858. The monoisotopic (exact) mass is 238 g/mol. The molecule has 2 heteroatoms. The molecular weight excluding hydrogens is 220 g/mol. The van der Waals surface area contributed by atoms with Crippen LogP contribution in [0.4, 0.5) is 5.69 Å². The molecule has 0 unspecified atom stereocenters. The van der Waals surface area contributed by atoms with Crippen molar-refractivity contribution in [2.45, 2.75) is 12.5 Å². The minimum Gasteiger partial charge on any atom is -0.381 e. The first-order chi connectivity index (χ1) is 8.92. The van der Waals surface area contributed by atoms with Crippen LogP contribution in [-0.4, -0.2) is 19.1 Å². The predicted molar refractivity (Wildman–Crippen MR) is 76.8 cm³/mol. The molecule has 0 spiro atoms. The van der Waals surface area contributed by atoms with Crippen LogP contribution in [0.5, 0.6) is 0 Å². The number of hydrogen-bond donors (Lipinski definition) is 2. The van der Waals surface area contributed by atoms with Crippen molar-refractivity contribution < 1.29 is 0 Å². The molecule has 2 nitrogen and oxygen atoms in total. The minimum atomic E-state index is 0.566. The van der Waals surface area contributed by atoms with Crippen LogP contribution in [0, 0.1) is 0 Å². The smallest absolute Gasteiger partial charge is 0.0398 e. The van der Waals surface area contributed by atoms with Gasteiger partial charge in [-0.25, -0.2) is 0 Å². The van der Waals surface area contributed by atoms with Gasteiger partial charge in [-0.2, -0.15) is 0 Å². The number of benzene rings is 2. The highest BCUT2D eigenvalue weighted by Gasteiger charge is 2.13. The first kappa shape index (κ1) is 11.3. The highest BCUT2D eigenvalue weighted by atomic mass is 15.0. The second-order valence-electron chi connectivity index (χ2n) is 4.78. The summed E-state index contributed by atoms with van der Waals surface area (Å²) < 4.78 is 0. The summed E-state index contributed by atoms with van der Waals surface area (Å²) in [6.07, 6.45) is 1.20. The summed E-state index contributed by atoms with van der Waals surface area (Å²) in [5.41, 5.74) is 3.75.